The Labute approximate surface area is 164 Å². The summed E-state index contributed by atoms with van der Waals surface area (Å²) in [5, 5.41) is 11.2. The summed E-state index contributed by atoms with van der Waals surface area (Å²) in [4.78, 5) is 21.8. The molecule has 0 aliphatic carbocycles. The van der Waals surface area contributed by atoms with Crippen LogP contribution in [0.2, 0.25) is 5.02 Å². The van der Waals surface area contributed by atoms with Gasteiger partial charge in [0.15, 0.2) is 4.90 Å². The molecule has 3 rings (SSSR count). The molecule has 2 unspecified atom stereocenters. The summed E-state index contributed by atoms with van der Waals surface area (Å²) in [7, 11) is 1.76. The highest BCUT2D eigenvalue weighted by Gasteiger charge is 2.20. The SMILES string of the molecule is CC(NC(=O)c1cc(Cl)cc([S+](C)[O-])c1)c1nccnc1-c1cn(C)nn1. The highest BCUT2D eigenvalue weighted by molar-refractivity contribution is 7.90. The third-order valence-corrected chi connectivity index (χ3v) is 4.91. The average molecular weight is 405 g/mol. The third kappa shape index (κ3) is 4.44. The number of benzene rings is 1. The summed E-state index contributed by atoms with van der Waals surface area (Å²) in [6.07, 6.45) is 6.36. The van der Waals surface area contributed by atoms with Crippen molar-refractivity contribution in [2.45, 2.75) is 17.9 Å². The zero-order valence-corrected chi connectivity index (χ0v) is 16.5. The van der Waals surface area contributed by atoms with Crippen LogP contribution < -0.4 is 5.32 Å². The maximum Gasteiger partial charge on any atom is 0.252 e. The van der Waals surface area contributed by atoms with E-state index in [-0.39, 0.29) is 5.91 Å². The Hall–Kier alpha value is -2.49. The first kappa shape index (κ1) is 19.3. The van der Waals surface area contributed by atoms with E-state index in [2.05, 4.69) is 25.6 Å². The van der Waals surface area contributed by atoms with Crippen molar-refractivity contribution in [1.82, 2.24) is 30.3 Å². The van der Waals surface area contributed by atoms with Crippen molar-refractivity contribution in [3.05, 3.63) is 53.1 Å². The van der Waals surface area contributed by atoms with Crippen molar-refractivity contribution in [2.75, 3.05) is 6.26 Å². The molecule has 1 aromatic carbocycles. The molecule has 0 saturated heterocycles. The largest absolute Gasteiger partial charge is 0.612 e. The second-order valence-corrected chi connectivity index (χ2v) is 7.71. The summed E-state index contributed by atoms with van der Waals surface area (Å²) in [5.41, 5.74) is 1.99. The molecule has 0 aliphatic heterocycles. The number of hydrogen-bond donors (Lipinski definition) is 1. The quantitative estimate of drug-likeness (QED) is 0.652. The lowest BCUT2D eigenvalue weighted by molar-refractivity contribution is 0.0939. The minimum atomic E-state index is -1.25. The zero-order valence-electron chi connectivity index (χ0n) is 14.9. The molecule has 3 aromatic rings. The fraction of sp³-hybridized carbons (Fsp3) is 0.235. The van der Waals surface area contributed by atoms with Gasteiger partial charge in [-0.3, -0.25) is 19.4 Å². The molecule has 2 atom stereocenters. The highest BCUT2D eigenvalue weighted by Crippen LogP contribution is 2.23. The van der Waals surface area contributed by atoms with Crippen LogP contribution in [-0.4, -0.2) is 41.7 Å². The molecule has 8 nitrogen and oxygen atoms in total. The Bertz CT molecular complexity index is 978. The molecule has 2 heterocycles. The van der Waals surface area contributed by atoms with Crippen LogP contribution in [0.15, 0.2) is 41.7 Å². The monoisotopic (exact) mass is 404 g/mol. The van der Waals surface area contributed by atoms with Crippen LogP contribution >= 0.6 is 11.6 Å². The van der Waals surface area contributed by atoms with Gasteiger partial charge in [-0.25, -0.2) is 0 Å². The number of rotatable bonds is 5. The van der Waals surface area contributed by atoms with E-state index in [0.717, 1.165) is 0 Å². The number of nitrogens with one attached hydrogen (secondary N) is 1. The molecular formula is C17H17ClN6O2S. The normalized spacial score (nSPS) is 13.2. The van der Waals surface area contributed by atoms with E-state index >= 15 is 0 Å². The van der Waals surface area contributed by atoms with Crippen LogP contribution in [0.3, 0.4) is 0 Å². The fourth-order valence-corrected chi connectivity index (χ4v) is 3.41. The number of halogens is 1. The summed E-state index contributed by atoms with van der Waals surface area (Å²) < 4.78 is 13.3. The Morgan fingerprint density at radius 1 is 1.30 bits per heavy atom. The van der Waals surface area contributed by atoms with E-state index in [0.29, 0.717) is 32.6 Å². The van der Waals surface area contributed by atoms with Crippen LogP contribution in [0.1, 0.15) is 29.0 Å². The second-order valence-electron chi connectivity index (χ2n) is 5.89. The van der Waals surface area contributed by atoms with Crippen molar-refractivity contribution in [3.8, 4) is 11.4 Å². The molecule has 0 radical (unpaired) electrons. The molecule has 0 aliphatic rings. The maximum atomic E-state index is 12.7. The fourth-order valence-electron chi connectivity index (χ4n) is 2.53. The molecule has 0 bridgehead atoms. The number of amides is 1. The van der Waals surface area contributed by atoms with E-state index in [4.69, 9.17) is 11.6 Å². The van der Waals surface area contributed by atoms with Gasteiger partial charge in [-0.15, -0.1) is 5.10 Å². The molecule has 27 heavy (non-hydrogen) atoms. The predicted molar refractivity (Wildman–Crippen MR) is 102 cm³/mol. The first-order chi connectivity index (χ1) is 12.8. The number of carbonyl (C=O) groups is 1. The van der Waals surface area contributed by atoms with E-state index in [1.165, 1.54) is 12.3 Å². The van der Waals surface area contributed by atoms with E-state index in [1.54, 1.807) is 49.4 Å². The van der Waals surface area contributed by atoms with Gasteiger partial charge in [0.1, 0.15) is 17.6 Å². The standard InChI is InChI=1S/C17H17ClN6O2S/c1-10(15-16(20-5-4-19-15)14-9-24(2)23-22-14)21-17(25)11-6-12(18)8-13(7-11)27(3)26/h4-10H,1-3H3,(H,21,25). The molecule has 1 amide bonds. The average Bonchev–Trinajstić information content (AvgIpc) is 3.07. The van der Waals surface area contributed by atoms with Crippen LogP contribution in [-0.2, 0) is 18.2 Å². The number of aromatic nitrogens is 5. The molecule has 1 N–H and O–H groups in total. The molecule has 0 saturated carbocycles. The van der Waals surface area contributed by atoms with Crippen molar-refractivity contribution >= 4 is 28.7 Å². The smallest absolute Gasteiger partial charge is 0.252 e. The number of aryl methyl sites for hydroxylation is 1. The topological polar surface area (TPSA) is 109 Å². The van der Waals surface area contributed by atoms with Gasteiger partial charge in [-0.2, -0.15) is 0 Å². The summed E-state index contributed by atoms with van der Waals surface area (Å²) in [6, 6.07) is 4.22. The van der Waals surface area contributed by atoms with Crippen molar-refractivity contribution < 1.29 is 9.35 Å². The summed E-state index contributed by atoms with van der Waals surface area (Å²) >= 11 is 4.80. The molecule has 140 valence electrons. The summed E-state index contributed by atoms with van der Waals surface area (Å²) in [6.45, 7) is 1.80. The van der Waals surface area contributed by atoms with E-state index < -0.39 is 17.2 Å². The predicted octanol–water partition coefficient (Wildman–Crippen LogP) is 2.15. The van der Waals surface area contributed by atoms with Crippen molar-refractivity contribution in [2.24, 2.45) is 7.05 Å². The zero-order chi connectivity index (χ0) is 19.6. The molecule has 0 spiro atoms. The maximum absolute atomic E-state index is 12.7. The van der Waals surface area contributed by atoms with Gasteiger partial charge >= 0.3 is 0 Å². The third-order valence-electron chi connectivity index (χ3n) is 3.79. The number of carbonyl (C=O) groups excluding carboxylic acids is 1. The molecule has 0 fully saturated rings. The van der Waals surface area contributed by atoms with Crippen LogP contribution in [0.5, 0.6) is 0 Å². The lowest BCUT2D eigenvalue weighted by Gasteiger charge is -2.16. The molecular weight excluding hydrogens is 388 g/mol. The van der Waals surface area contributed by atoms with Gasteiger partial charge in [0.25, 0.3) is 5.91 Å². The number of nitrogens with zero attached hydrogens (tertiary/aromatic N) is 5. The van der Waals surface area contributed by atoms with Gasteiger partial charge in [-0.1, -0.05) is 16.8 Å². The van der Waals surface area contributed by atoms with Crippen LogP contribution in [0.4, 0.5) is 0 Å². The van der Waals surface area contributed by atoms with Gasteiger partial charge in [0, 0.05) is 42.2 Å². The van der Waals surface area contributed by atoms with E-state index in [9.17, 15) is 9.35 Å². The Kier molecular flexibility index (Phi) is 5.73. The molecule has 10 heteroatoms. The second kappa shape index (κ2) is 8.03. The van der Waals surface area contributed by atoms with Crippen LogP contribution in [0, 0.1) is 0 Å². The van der Waals surface area contributed by atoms with Crippen molar-refractivity contribution in [1.29, 1.82) is 0 Å². The lowest BCUT2D eigenvalue weighted by atomic mass is 10.1. The Morgan fingerprint density at radius 3 is 2.70 bits per heavy atom. The minimum Gasteiger partial charge on any atom is -0.612 e. The van der Waals surface area contributed by atoms with E-state index in [1.807, 2.05) is 0 Å². The minimum absolute atomic E-state index is 0.324. The highest BCUT2D eigenvalue weighted by atomic mass is 35.5. The molecule has 2 aromatic heterocycles. The number of hydrogen-bond acceptors (Lipinski definition) is 6. The van der Waals surface area contributed by atoms with Gasteiger partial charge in [0.2, 0.25) is 0 Å². The van der Waals surface area contributed by atoms with Gasteiger partial charge < -0.3 is 9.87 Å². The van der Waals surface area contributed by atoms with Gasteiger partial charge in [-0.05, 0) is 24.2 Å². The van der Waals surface area contributed by atoms with Crippen LogP contribution in [0.25, 0.3) is 11.4 Å². The first-order valence-corrected chi connectivity index (χ1v) is 9.91. The van der Waals surface area contributed by atoms with Crippen molar-refractivity contribution in [3.63, 3.8) is 0 Å². The first-order valence-electron chi connectivity index (χ1n) is 7.97. The summed E-state index contributed by atoms with van der Waals surface area (Å²) in [5.74, 6) is -0.354. The Balaban J connectivity index is 1.86. The lowest BCUT2D eigenvalue weighted by Crippen LogP contribution is -2.28. The Morgan fingerprint density at radius 2 is 2.04 bits per heavy atom. The van der Waals surface area contributed by atoms with Gasteiger partial charge in [0.05, 0.1) is 17.9 Å².